The number of likely N-dealkylation sites (tertiary alicyclic amines) is 1. The lowest BCUT2D eigenvalue weighted by Crippen LogP contribution is -2.34. The Kier molecular flexibility index (Phi) is 4.12. The van der Waals surface area contributed by atoms with Crippen molar-refractivity contribution in [1.29, 1.82) is 0 Å². The van der Waals surface area contributed by atoms with E-state index in [4.69, 9.17) is 4.52 Å². The Labute approximate surface area is 103 Å². The molecule has 1 aromatic heterocycles. The Balaban J connectivity index is 2.04. The molecule has 0 saturated carbocycles. The molecule has 5 nitrogen and oxygen atoms in total. The lowest BCUT2D eigenvalue weighted by Gasteiger charge is -2.29. The molecule has 17 heavy (non-hydrogen) atoms. The number of hydrogen-bond donors (Lipinski definition) is 1. The van der Waals surface area contributed by atoms with E-state index in [2.05, 4.69) is 27.3 Å². The number of hydrogen-bond acceptors (Lipinski definition) is 5. The minimum absolute atomic E-state index is 0.127. The predicted octanol–water partition coefficient (Wildman–Crippen LogP) is 1.55. The first-order valence-corrected chi connectivity index (χ1v) is 6.47. The number of aromatic nitrogens is 2. The Morgan fingerprint density at radius 3 is 3.12 bits per heavy atom. The molecule has 0 aliphatic carbocycles. The number of nitrogens with zero attached hydrogens (tertiary/aromatic N) is 3. The first-order chi connectivity index (χ1) is 8.24. The fourth-order valence-electron chi connectivity index (χ4n) is 2.27. The molecule has 1 fully saturated rings. The van der Waals surface area contributed by atoms with Gasteiger partial charge in [0.15, 0.2) is 5.82 Å². The highest BCUT2D eigenvalue weighted by Gasteiger charge is 2.25. The van der Waals surface area contributed by atoms with Crippen molar-refractivity contribution in [3.05, 3.63) is 11.7 Å². The molecule has 0 radical (unpaired) electrons. The number of rotatable bonds is 4. The van der Waals surface area contributed by atoms with E-state index in [9.17, 15) is 0 Å². The summed E-state index contributed by atoms with van der Waals surface area (Å²) in [6, 6.07) is 0.127. The maximum atomic E-state index is 5.30. The first-order valence-electron chi connectivity index (χ1n) is 6.47. The molecule has 1 aliphatic rings. The standard InChI is InChI=1S/C12H22N4O/c1-4-16-7-5-6-10(8-16)11-14-12(17-15-11)9(2)13-3/h9-10,13H,4-8H2,1-3H3. The average molecular weight is 238 g/mol. The van der Waals surface area contributed by atoms with E-state index >= 15 is 0 Å². The molecular weight excluding hydrogens is 216 g/mol. The zero-order valence-corrected chi connectivity index (χ0v) is 10.9. The van der Waals surface area contributed by atoms with Gasteiger partial charge in [0, 0.05) is 12.5 Å². The summed E-state index contributed by atoms with van der Waals surface area (Å²) in [7, 11) is 1.90. The minimum Gasteiger partial charge on any atom is -0.338 e. The second kappa shape index (κ2) is 5.60. The Morgan fingerprint density at radius 2 is 2.41 bits per heavy atom. The lowest BCUT2D eigenvalue weighted by molar-refractivity contribution is 0.211. The van der Waals surface area contributed by atoms with Crippen molar-refractivity contribution in [2.24, 2.45) is 0 Å². The van der Waals surface area contributed by atoms with Gasteiger partial charge in [0.2, 0.25) is 5.89 Å². The molecule has 2 unspecified atom stereocenters. The molecule has 1 aliphatic heterocycles. The van der Waals surface area contributed by atoms with Crippen LogP contribution in [0.15, 0.2) is 4.52 Å². The number of likely N-dealkylation sites (N-methyl/N-ethyl adjacent to an activating group) is 1. The normalized spacial score (nSPS) is 23.8. The van der Waals surface area contributed by atoms with Crippen molar-refractivity contribution in [1.82, 2.24) is 20.4 Å². The number of piperidine rings is 1. The highest BCUT2D eigenvalue weighted by Crippen LogP contribution is 2.25. The summed E-state index contributed by atoms with van der Waals surface area (Å²) in [4.78, 5) is 6.96. The predicted molar refractivity (Wildman–Crippen MR) is 65.9 cm³/mol. The Morgan fingerprint density at radius 1 is 1.59 bits per heavy atom. The van der Waals surface area contributed by atoms with Gasteiger partial charge < -0.3 is 14.7 Å². The summed E-state index contributed by atoms with van der Waals surface area (Å²) >= 11 is 0. The fourth-order valence-corrected chi connectivity index (χ4v) is 2.27. The van der Waals surface area contributed by atoms with Gasteiger partial charge in [0.25, 0.3) is 0 Å². The molecule has 5 heteroatoms. The monoisotopic (exact) mass is 238 g/mol. The quantitative estimate of drug-likeness (QED) is 0.862. The van der Waals surface area contributed by atoms with Gasteiger partial charge in [0.1, 0.15) is 0 Å². The first kappa shape index (κ1) is 12.5. The van der Waals surface area contributed by atoms with Gasteiger partial charge in [-0.25, -0.2) is 0 Å². The van der Waals surface area contributed by atoms with Crippen molar-refractivity contribution in [3.63, 3.8) is 0 Å². The van der Waals surface area contributed by atoms with Crippen LogP contribution in [0.3, 0.4) is 0 Å². The third kappa shape index (κ3) is 2.84. The van der Waals surface area contributed by atoms with Gasteiger partial charge >= 0.3 is 0 Å². The maximum absolute atomic E-state index is 5.30. The third-order valence-corrected chi connectivity index (χ3v) is 3.58. The van der Waals surface area contributed by atoms with Gasteiger partial charge in [-0.05, 0) is 39.9 Å². The van der Waals surface area contributed by atoms with Crippen molar-refractivity contribution in [2.45, 2.75) is 38.6 Å². The van der Waals surface area contributed by atoms with E-state index in [0.29, 0.717) is 11.8 Å². The maximum Gasteiger partial charge on any atom is 0.243 e. The topological polar surface area (TPSA) is 54.2 Å². The molecule has 2 rings (SSSR count). The molecule has 2 atom stereocenters. The van der Waals surface area contributed by atoms with E-state index in [1.165, 1.54) is 19.4 Å². The van der Waals surface area contributed by atoms with Crippen LogP contribution in [0.2, 0.25) is 0 Å². The fraction of sp³-hybridized carbons (Fsp3) is 0.833. The summed E-state index contributed by atoms with van der Waals surface area (Å²) in [5.41, 5.74) is 0. The Bertz CT molecular complexity index is 352. The van der Waals surface area contributed by atoms with Gasteiger partial charge in [0.05, 0.1) is 6.04 Å². The van der Waals surface area contributed by atoms with E-state index in [0.717, 1.165) is 18.9 Å². The largest absolute Gasteiger partial charge is 0.338 e. The smallest absolute Gasteiger partial charge is 0.243 e. The van der Waals surface area contributed by atoms with Gasteiger partial charge in [-0.3, -0.25) is 0 Å². The molecule has 0 amide bonds. The van der Waals surface area contributed by atoms with Crippen molar-refractivity contribution in [3.8, 4) is 0 Å². The highest BCUT2D eigenvalue weighted by atomic mass is 16.5. The Hall–Kier alpha value is -0.940. The van der Waals surface area contributed by atoms with Gasteiger partial charge in [-0.1, -0.05) is 12.1 Å². The zero-order chi connectivity index (χ0) is 12.3. The highest BCUT2D eigenvalue weighted by molar-refractivity contribution is 5.00. The molecule has 1 N–H and O–H groups in total. The number of nitrogens with one attached hydrogen (secondary N) is 1. The van der Waals surface area contributed by atoms with E-state index in [1.807, 2.05) is 14.0 Å². The van der Waals surface area contributed by atoms with Crippen LogP contribution in [0.4, 0.5) is 0 Å². The van der Waals surface area contributed by atoms with Crippen LogP contribution in [-0.2, 0) is 0 Å². The summed E-state index contributed by atoms with van der Waals surface area (Å²) in [5, 5.41) is 7.24. The van der Waals surface area contributed by atoms with Gasteiger partial charge in [-0.15, -0.1) is 0 Å². The van der Waals surface area contributed by atoms with Gasteiger partial charge in [-0.2, -0.15) is 4.98 Å². The second-order valence-corrected chi connectivity index (χ2v) is 4.73. The lowest BCUT2D eigenvalue weighted by atomic mass is 9.97. The summed E-state index contributed by atoms with van der Waals surface area (Å²) in [6.07, 6.45) is 2.40. The van der Waals surface area contributed by atoms with E-state index in [1.54, 1.807) is 0 Å². The summed E-state index contributed by atoms with van der Waals surface area (Å²) in [6.45, 7) is 7.59. The third-order valence-electron chi connectivity index (χ3n) is 3.58. The van der Waals surface area contributed by atoms with E-state index < -0.39 is 0 Å². The molecule has 1 aromatic rings. The molecule has 0 aromatic carbocycles. The van der Waals surface area contributed by atoms with Crippen LogP contribution < -0.4 is 5.32 Å². The molecule has 0 spiro atoms. The van der Waals surface area contributed by atoms with Crippen molar-refractivity contribution >= 4 is 0 Å². The van der Waals surface area contributed by atoms with Crippen molar-refractivity contribution < 1.29 is 4.52 Å². The van der Waals surface area contributed by atoms with E-state index in [-0.39, 0.29) is 6.04 Å². The molecule has 96 valence electrons. The molecule has 0 bridgehead atoms. The zero-order valence-electron chi connectivity index (χ0n) is 10.9. The SMILES string of the molecule is CCN1CCCC(c2noc(C(C)NC)n2)C1. The minimum atomic E-state index is 0.127. The molecule has 1 saturated heterocycles. The summed E-state index contributed by atoms with van der Waals surface area (Å²) < 4.78 is 5.30. The van der Waals surface area contributed by atoms with Crippen LogP contribution in [0, 0.1) is 0 Å². The molecular formula is C12H22N4O. The van der Waals surface area contributed by atoms with Crippen LogP contribution in [0.5, 0.6) is 0 Å². The van der Waals surface area contributed by atoms with Crippen LogP contribution in [0.1, 0.15) is 50.4 Å². The average Bonchev–Trinajstić information content (AvgIpc) is 2.87. The second-order valence-electron chi connectivity index (χ2n) is 4.73. The van der Waals surface area contributed by atoms with Crippen LogP contribution >= 0.6 is 0 Å². The molecule has 2 heterocycles. The van der Waals surface area contributed by atoms with Crippen LogP contribution in [0.25, 0.3) is 0 Å². The summed E-state index contributed by atoms with van der Waals surface area (Å²) in [5.74, 6) is 2.00. The van der Waals surface area contributed by atoms with Crippen LogP contribution in [-0.4, -0.2) is 41.7 Å². The van der Waals surface area contributed by atoms with Crippen molar-refractivity contribution in [2.75, 3.05) is 26.7 Å².